The van der Waals surface area contributed by atoms with Crippen LogP contribution in [0.1, 0.15) is 25.7 Å². The number of hydrogen-bond acceptors (Lipinski definition) is 4. The minimum Gasteiger partial charge on any atom is -0.355 e. The second-order valence-electron chi connectivity index (χ2n) is 6.39. The summed E-state index contributed by atoms with van der Waals surface area (Å²) in [6.45, 7) is 1.84. The topological polar surface area (TPSA) is 69.7 Å². The molecular weight excluding hydrogens is 326 g/mol. The third-order valence-corrected chi connectivity index (χ3v) is 6.11. The Kier molecular flexibility index (Phi) is 6.77. The van der Waals surface area contributed by atoms with Gasteiger partial charge in [-0.3, -0.25) is 4.79 Å². The van der Waals surface area contributed by atoms with Crippen LogP contribution in [0.5, 0.6) is 0 Å². The van der Waals surface area contributed by atoms with Crippen LogP contribution in [0.2, 0.25) is 0 Å². The molecule has 1 heterocycles. The lowest BCUT2D eigenvalue weighted by Crippen LogP contribution is -2.52. The molecule has 1 unspecified atom stereocenters. The van der Waals surface area contributed by atoms with E-state index >= 15 is 0 Å². The predicted molar refractivity (Wildman–Crippen MR) is 94.2 cm³/mol. The molecule has 0 radical (unpaired) electrons. The molecule has 6 nitrogen and oxygen atoms in total. The lowest BCUT2D eigenvalue weighted by Gasteiger charge is -2.33. The van der Waals surface area contributed by atoms with Crippen LogP contribution in [0.15, 0.2) is 35.2 Å². The maximum absolute atomic E-state index is 12.9. The average Bonchev–Trinajstić information content (AvgIpc) is 2.59. The zero-order chi connectivity index (χ0) is 17.6. The van der Waals surface area contributed by atoms with Crippen LogP contribution >= 0.6 is 0 Å². The molecule has 1 aliphatic heterocycles. The molecule has 1 fully saturated rings. The number of amides is 1. The Balaban J connectivity index is 2.06. The van der Waals surface area contributed by atoms with Crippen molar-refractivity contribution in [2.45, 2.75) is 36.6 Å². The lowest BCUT2D eigenvalue weighted by molar-refractivity contribution is -0.125. The van der Waals surface area contributed by atoms with E-state index in [-0.39, 0.29) is 10.8 Å². The number of rotatable bonds is 7. The van der Waals surface area contributed by atoms with Gasteiger partial charge in [-0.25, -0.2) is 8.42 Å². The van der Waals surface area contributed by atoms with Crippen molar-refractivity contribution in [2.75, 3.05) is 33.7 Å². The molecule has 1 amide bonds. The Morgan fingerprint density at radius 3 is 2.62 bits per heavy atom. The summed E-state index contributed by atoms with van der Waals surface area (Å²) in [5.74, 6) is -0.187. The first-order valence-corrected chi connectivity index (χ1v) is 9.86. The maximum Gasteiger partial charge on any atom is 0.243 e. The molecule has 0 aliphatic carbocycles. The minimum atomic E-state index is -3.64. The van der Waals surface area contributed by atoms with Gasteiger partial charge in [0.15, 0.2) is 0 Å². The van der Waals surface area contributed by atoms with E-state index in [1.807, 2.05) is 14.1 Å². The van der Waals surface area contributed by atoms with Gasteiger partial charge in [0.25, 0.3) is 0 Å². The largest absolute Gasteiger partial charge is 0.355 e. The number of piperidine rings is 1. The van der Waals surface area contributed by atoms with Crippen LogP contribution in [0.3, 0.4) is 0 Å². The van der Waals surface area contributed by atoms with Crippen molar-refractivity contribution in [1.82, 2.24) is 14.5 Å². The highest BCUT2D eigenvalue weighted by Gasteiger charge is 2.37. The summed E-state index contributed by atoms with van der Waals surface area (Å²) in [4.78, 5) is 14.8. The summed E-state index contributed by atoms with van der Waals surface area (Å²) in [5.41, 5.74) is 0. The normalized spacial score (nSPS) is 19.4. The van der Waals surface area contributed by atoms with Crippen molar-refractivity contribution >= 4 is 15.9 Å². The van der Waals surface area contributed by atoms with Gasteiger partial charge in [-0.05, 0) is 52.0 Å². The van der Waals surface area contributed by atoms with E-state index in [9.17, 15) is 13.2 Å². The van der Waals surface area contributed by atoms with Crippen molar-refractivity contribution in [3.05, 3.63) is 30.3 Å². The minimum absolute atomic E-state index is 0.187. The van der Waals surface area contributed by atoms with Crippen molar-refractivity contribution in [1.29, 1.82) is 0 Å². The summed E-state index contributed by atoms with van der Waals surface area (Å²) in [6, 6.07) is 7.74. The Morgan fingerprint density at radius 1 is 1.25 bits per heavy atom. The van der Waals surface area contributed by atoms with E-state index < -0.39 is 16.1 Å². The van der Waals surface area contributed by atoms with Gasteiger partial charge >= 0.3 is 0 Å². The van der Waals surface area contributed by atoms with Gasteiger partial charge in [-0.1, -0.05) is 24.6 Å². The molecule has 24 heavy (non-hydrogen) atoms. The SMILES string of the molecule is CN(C)CCCNC(=O)C1CCCCN1S(=O)(=O)c1ccccc1. The van der Waals surface area contributed by atoms with Crippen molar-refractivity contribution in [3.63, 3.8) is 0 Å². The van der Waals surface area contributed by atoms with Crippen molar-refractivity contribution in [2.24, 2.45) is 0 Å². The molecular formula is C17H27N3O3S. The lowest BCUT2D eigenvalue weighted by atomic mass is 10.0. The van der Waals surface area contributed by atoms with E-state index in [0.29, 0.717) is 19.5 Å². The maximum atomic E-state index is 12.9. The second-order valence-corrected chi connectivity index (χ2v) is 8.28. The number of carbonyl (C=O) groups is 1. The Labute approximate surface area is 144 Å². The molecule has 0 aromatic heterocycles. The average molecular weight is 353 g/mol. The van der Waals surface area contributed by atoms with Gasteiger partial charge in [0.2, 0.25) is 15.9 Å². The van der Waals surface area contributed by atoms with Gasteiger partial charge in [-0.2, -0.15) is 4.31 Å². The van der Waals surface area contributed by atoms with E-state index in [1.54, 1.807) is 30.3 Å². The molecule has 0 saturated carbocycles. The summed E-state index contributed by atoms with van der Waals surface area (Å²) in [7, 11) is 0.331. The number of nitrogens with one attached hydrogen (secondary N) is 1. The quantitative estimate of drug-likeness (QED) is 0.750. The molecule has 1 N–H and O–H groups in total. The molecule has 2 rings (SSSR count). The smallest absolute Gasteiger partial charge is 0.243 e. The van der Waals surface area contributed by atoms with Gasteiger partial charge in [0.1, 0.15) is 6.04 Å². The number of benzene rings is 1. The Bertz CT molecular complexity index is 632. The van der Waals surface area contributed by atoms with E-state index in [4.69, 9.17) is 0 Å². The van der Waals surface area contributed by atoms with Crippen molar-refractivity contribution < 1.29 is 13.2 Å². The zero-order valence-electron chi connectivity index (χ0n) is 14.4. The standard InChI is InChI=1S/C17H27N3O3S/c1-19(2)13-8-12-18-17(21)16-11-6-7-14-20(16)24(22,23)15-9-4-3-5-10-15/h3-5,9-10,16H,6-8,11-14H2,1-2H3,(H,18,21). The van der Waals surface area contributed by atoms with E-state index in [0.717, 1.165) is 25.8 Å². The molecule has 1 aromatic carbocycles. The highest BCUT2D eigenvalue weighted by molar-refractivity contribution is 7.89. The van der Waals surface area contributed by atoms with Crippen LogP contribution in [0.4, 0.5) is 0 Å². The highest BCUT2D eigenvalue weighted by Crippen LogP contribution is 2.25. The van der Waals surface area contributed by atoms with Crippen LogP contribution in [0, 0.1) is 0 Å². The predicted octanol–water partition coefficient (Wildman–Crippen LogP) is 1.30. The van der Waals surface area contributed by atoms with Crippen LogP contribution in [-0.4, -0.2) is 63.3 Å². The van der Waals surface area contributed by atoms with Gasteiger partial charge in [0, 0.05) is 13.1 Å². The summed E-state index contributed by atoms with van der Waals surface area (Å²) < 4.78 is 27.1. The first-order valence-electron chi connectivity index (χ1n) is 8.42. The number of nitrogens with zero attached hydrogens (tertiary/aromatic N) is 2. The first-order chi connectivity index (χ1) is 11.4. The molecule has 1 saturated heterocycles. The molecule has 134 valence electrons. The monoisotopic (exact) mass is 353 g/mol. The van der Waals surface area contributed by atoms with Gasteiger partial charge in [0.05, 0.1) is 4.90 Å². The molecule has 0 bridgehead atoms. The third kappa shape index (κ3) is 4.78. The third-order valence-electron chi connectivity index (χ3n) is 4.19. The van der Waals surface area contributed by atoms with E-state index in [2.05, 4.69) is 10.2 Å². The van der Waals surface area contributed by atoms with Crippen LogP contribution in [0.25, 0.3) is 0 Å². The molecule has 1 aliphatic rings. The fourth-order valence-electron chi connectivity index (χ4n) is 2.91. The molecule has 1 aromatic rings. The van der Waals surface area contributed by atoms with Crippen LogP contribution in [-0.2, 0) is 14.8 Å². The van der Waals surface area contributed by atoms with Gasteiger partial charge in [-0.15, -0.1) is 0 Å². The Hall–Kier alpha value is -1.44. The number of carbonyl (C=O) groups excluding carboxylic acids is 1. The first kappa shape index (κ1) is 18.9. The number of hydrogen-bond donors (Lipinski definition) is 1. The highest BCUT2D eigenvalue weighted by atomic mass is 32.2. The van der Waals surface area contributed by atoms with Crippen molar-refractivity contribution in [3.8, 4) is 0 Å². The molecule has 0 spiro atoms. The van der Waals surface area contributed by atoms with Crippen LogP contribution < -0.4 is 5.32 Å². The molecule has 7 heteroatoms. The second kappa shape index (κ2) is 8.60. The fourth-order valence-corrected chi connectivity index (χ4v) is 4.58. The zero-order valence-corrected chi connectivity index (χ0v) is 15.3. The fraction of sp³-hybridized carbons (Fsp3) is 0.588. The van der Waals surface area contributed by atoms with Gasteiger partial charge < -0.3 is 10.2 Å². The number of sulfonamides is 1. The Morgan fingerprint density at radius 2 is 1.96 bits per heavy atom. The summed E-state index contributed by atoms with van der Waals surface area (Å²) >= 11 is 0. The van der Waals surface area contributed by atoms with E-state index in [1.165, 1.54) is 4.31 Å². The molecule has 1 atom stereocenters. The summed E-state index contributed by atoms with van der Waals surface area (Å²) in [5, 5.41) is 2.89. The summed E-state index contributed by atoms with van der Waals surface area (Å²) in [6.07, 6.45) is 3.08.